The van der Waals surface area contributed by atoms with E-state index < -0.39 is 0 Å². The Balaban J connectivity index is 2.65. The molecule has 0 amide bonds. The van der Waals surface area contributed by atoms with Gasteiger partial charge in [0.05, 0.1) is 0 Å². The molecule has 0 saturated heterocycles. The van der Waals surface area contributed by atoms with Crippen molar-refractivity contribution in [2.75, 3.05) is 6.54 Å². The van der Waals surface area contributed by atoms with E-state index in [1.54, 1.807) is 0 Å². The van der Waals surface area contributed by atoms with E-state index in [9.17, 15) is 0 Å². The summed E-state index contributed by atoms with van der Waals surface area (Å²) in [5.74, 6) is 1.90. The molecule has 2 N–H and O–H groups in total. The number of hydrogen-bond acceptors (Lipinski definition) is 2. The fourth-order valence-electron chi connectivity index (χ4n) is 0.858. The van der Waals surface area contributed by atoms with Gasteiger partial charge in [0.15, 0.2) is 0 Å². The van der Waals surface area contributed by atoms with Crippen molar-refractivity contribution in [3.05, 3.63) is 29.7 Å². The first-order valence-electron chi connectivity index (χ1n) is 3.82. The van der Waals surface area contributed by atoms with Gasteiger partial charge in [0, 0.05) is 13.0 Å². The predicted molar refractivity (Wildman–Crippen MR) is 46.2 cm³/mol. The minimum absolute atomic E-state index is 0.558. The molecule has 0 aliphatic heterocycles. The Hall–Kier alpha value is -1.02. The molecule has 0 atom stereocenters. The molecule has 1 rings (SSSR count). The van der Waals surface area contributed by atoms with Crippen LogP contribution in [0, 0.1) is 0 Å². The van der Waals surface area contributed by atoms with Crippen molar-refractivity contribution in [3.63, 3.8) is 0 Å². The Kier molecular flexibility index (Phi) is 2.93. The molecular formula is C9H13NO. The Morgan fingerprint density at radius 1 is 1.55 bits per heavy atom. The van der Waals surface area contributed by atoms with Crippen molar-refractivity contribution in [1.29, 1.82) is 0 Å². The molecule has 1 aromatic rings. The molecule has 60 valence electrons. The fraction of sp³-hybridized carbons (Fsp3) is 0.333. The van der Waals surface area contributed by atoms with Crippen LogP contribution in [0.25, 0.3) is 6.08 Å². The van der Waals surface area contributed by atoms with Crippen molar-refractivity contribution in [3.8, 4) is 0 Å². The maximum absolute atomic E-state index is 5.39. The molecule has 0 saturated carbocycles. The van der Waals surface area contributed by atoms with Gasteiger partial charge in [0.25, 0.3) is 0 Å². The summed E-state index contributed by atoms with van der Waals surface area (Å²) in [7, 11) is 0. The average molecular weight is 151 g/mol. The zero-order chi connectivity index (χ0) is 8.10. The summed E-state index contributed by atoms with van der Waals surface area (Å²) in [6.45, 7) is 2.62. The Labute approximate surface area is 66.7 Å². The largest absolute Gasteiger partial charge is 0.462 e. The van der Waals surface area contributed by atoms with E-state index in [1.165, 1.54) is 0 Å². The molecule has 2 nitrogen and oxygen atoms in total. The van der Waals surface area contributed by atoms with Gasteiger partial charge in [0.1, 0.15) is 11.5 Å². The number of nitrogens with two attached hydrogens (primary N) is 1. The van der Waals surface area contributed by atoms with Crippen LogP contribution in [0.3, 0.4) is 0 Å². The lowest BCUT2D eigenvalue weighted by Crippen LogP contribution is -1.91. The summed E-state index contributed by atoms with van der Waals surface area (Å²) in [5.41, 5.74) is 5.29. The first kappa shape index (κ1) is 8.08. The van der Waals surface area contributed by atoms with Crippen LogP contribution >= 0.6 is 0 Å². The van der Waals surface area contributed by atoms with Gasteiger partial charge in [-0.3, -0.25) is 0 Å². The second kappa shape index (κ2) is 3.98. The van der Waals surface area contributed by atoms with Crippen LogP contribution in [0.15, 0.2) is 22.6 Å². The molecule has 0 aliphatic carbocycles. The topological polar surface area (TPSA) is 39.2 Å². The second-order valence-electron chi connectivity index (χ2n) is 2.30. The van der Waals surface area contributed by atoms with E-state index in [0.717, 1.165) is 17.9 Å². The molecule has 0 fully saturated rings. The van der Waals surface area contributed by atoms with Gasteiger partial charge in [-0.25, -0.2) is 0 Å². The summed E-state index contributed by atoms with van der Waals surface area (Å²) in [5, 5.41) is 0. The lowest BCUT2D eigenvalue weighted by Gasteiger charge is -1.86. The molecular weight excluding hydrogens is 138 g/mol. The highest BCUT2D eigenvalue weighted by molar-refractivity contribution is 5.42. The smallest absolute Gasteiger partial charge is 0.126 e. The van der Waals surface area contributed by atoms with Crippen molar-refractivity contribution in [1.82, 2.24) is 0 Å². The van der Waals surface area contributed by atoms with E-state index in [0.29, 0.717) is 6.54 Å². The van der Waals surface area contributed by atoms with Gasteiger partial charge >= 0.3 is 0 Å². The fourth-order valence-corrected chi connectivity index (χ4v) is 0.858. The third-order valence-electron chi connectivity index (χ3n) is 1.45. The lowest BCUT2D eigenvalue weighted by atomic mass is 10.3. The van der Waals surface area contributed by atoms with Crippen molar-refractivity contribution in [2.24, 2.45) is 5.73 Å². The lowest BCUT2D eigenvalue weighted by molar-refractivity contribution is 0.507. The van der Waals surface area contributed by atoms with Gasteiger partial charge in [-0.05, 0) is 18.2 Å². The zero-order valence-corrected chi connectivity index (χ0v) is 6.71. The van der Waals surface area contributed by atoms with E-state index in [4.69, 9.17) is 10.2 Å². The van der Waals surface area contributed by atoms with Crippen LogP contribution in [-0.2, 0) is 6.42 Å². The van der Waals surface area contributed by atoms with Crippen molar-refractivity contribution in [2.45, 2.75) is 13.3 Å². The normalized spacial score (nSPS) is 11.1. The number of hydrogen-bond donors (Lipinski definition) is 1. The third-order valence-corrected chi connectivity index (χ3v) is 1.45. The van der Waals surface area contributed by atoms with E-state index in [1.807, 2.05) is 24.3 Å². The maximum Gasteiger partial charge on any atom is 0.126 e. The SMILES string of the molecule is CCc1ccc(C=CCN)o1. The molecule has 0 aliphatic rings. The maximum atomic E-state index is 5.39. The molecule has 2 heteroatoms. The molecule has 0 spiro atoms. The predicted octanol–water partition coefficient (Wildman–Crippen LogP) is 1.81. The van der Waals surface area contributed by atoms with E-state index in [2.05, 4.69) is 6.92 Å². The minimum atomic E-state index is 0.558. The molecule has 1 heterocycles. The van der Waals surface area contributed by atoms with Gasteiger partial charge < -0.3 is 10.2 Å². The Bertz CT molecular complexity index is 237. The number of aryl methyl sites for hydroxylation is 1. The summed E-state index contributed by atoms with van der Waals surface area (Å²) in [6, 6.07) is 3.93. The number of furan rings is 1. The molecule has 11 heavy (non-hydrogen) atoms. The van der Waals surface area contributed by atoms with Crippen LogP contribution in [-0.4, -0.2) is 6.54 Å². The minimum Gasteiger partial charge on any atom is -0.462 e. The third kappa shape index (κ3) is 2.24. The van der Waals surface area contributed by atoms with Crippen LogP contribution in [0.1, 0.15) is 18.4 Å². The van der Waals surface area contributed by atoms with Crippen molar-refractivity contribution < 1.29 is 4.42 Å². The summed E-state index contributed by atoms with van der Waals surface area (Å²) in [4.78, 5) is 0. The van der Waals surface area contributed by atoms with Gasteiger partial charge in [-0.15, -0.1) is 0 Å². The average Bonchev–Trinajstić information content (AvgIpc) is 2.48. The molecule has 0 bridgehead atoms. The standard InChI is InChI=1S/C9H13NO/c1-2-8-5-6-9(11-8)4-3-7-10/h3-6H,2,7,10H2,1H3. The second-order valence-corrected chi connectivity index (χ2v) is 2.30. The van der Waals surface area contributed by atoms with Gasteiger partial charge in [-0.1, -0.05) is 13.0 Å². The molecule has 1 aromatic heterocycles. The van der Waals surface area contributed by atoms with Gasteiger partial charge in [0.2, 0.25) is 0 Å². The van der Waals surface area contributed by atoms with Gasteiger partial charge in [-0.2, -0.15) is 0 Å². The van der Waals surface area contributed by atoms with Crippen LogP contribution in [0.4, 0.5) is 0 Å². The first-order chi connectivity index (χ1) is 5.36. The van der Waals surface area contributed by atoms with Crippen molar-refractivity contribution >= 4 is 6.08 Å². The van der Waals surface area contributed by atoms with Crippen LogP contribution in [0.2, 0.25) is 0 Å². The van der Waals surface area contributed by atoms with Crippen LogP contribution in [0.5, 0.6) is 0 Å². The molecule has 0 radical (unpaired) electrons. The molecule has 0 aromatic carbocycles. The monoisotopic (exact) mass is 151 g/mol. The Morgan fingerprint density at radius 2 is 2.36 bits per heavy atom. The Morgan fingerprint density at radius 3 is 2.91 bits per heavy atom. The van der Waals surface area contributed by atoms with E-state index >= 15 is 0 Å². The zero-order valence-electron chi connectivity index (χ0n) is 6.71. The highest BCUT2D eigenvalue weighted by Gasteiger charge is 1.94. The highest BCUT2D eigenvalue weighted by Crippen LogP contribution is 2.09. The highest BCUT2D eigenvalue weighted by atomic mass is 16.3. The van der Waals surface area contributed by atoms with Crippen LogP contribution < -0.4 is 5.73 Å². The summed E-state index contributed by atoms with van der Waals surface area (Å²) in [6.07, 6.45) is 4.70. The quantitative estimate of drug-likeness (QED) is 0.715. The first-order valence-corrected chi connectivity index (χ1v) is 3.82. The number of rotatable bonds is 3. The van der Waals surface area contributed by atoms with E-state index in [-0.39, 0.29) is 0 Å². The summed E-state index contributed by atoms with van der Waals surface area (Å²) < 4.78 is 5.39. The molecule has 0 unspecified atom stereocenters. The summed E-state index contributed by atoms with van der Waals surface area (Å²) >= 11 is 0.